The van der Waals surface area contributed by atoms with E-state index < -0.39 is 0 Å². The molecule has 1 amide bonds. The molecule has 0 saturated carbocycles. The Balaban J connectivity index is 1.45. The van der Waals surface area contributed by atoms with Crippen molar-refractivity contribution in [2.24, 2.45) is 0 Å². The predicted octanol–water partition coefficient (Wildman–Crippen LogP) is 4.83. The van der Waals surface area contributed by atoms with Crippen LogP contribution in [0.1, 0.15) is 5.56 Å². The van der Waals surface area contributed by atoms with Crippen LogP contribution in [-0.2, 0) is 4.79 Å². The molecule has 2 heterocycles. The summed E-state index contributed by atoms with van der Waals surface area (Å²) < 4.78 is 15.8. The fourth-order valence-corrected chi connectivity index (χ4v) is 3.05. The molecule has 0 aliphatic carbocycles. The van der Waals surface area contributed by atoms with Gasteiger partial charge in [0.25, 0.3) is 5.91 Å². The van der Waals surface area contributed by atoms with Crippen molar-refractivity contribution in [1.29, 1.82) is 0 Å². The third-order valence-corrected chi connectivity index (χ3v) is 4.55. The molecule has 0 atom stereocenters. The number of anilines is 1. The summed E-state index contributed by atoms with van der Waals surface area (Å²) in [6.07, 6.45) is 3.30. The first kappa shape index (κ1) is 18.6. The molecule has 29 heavy (non-hydrogen) atoms. The molecule has 0 fully saturated rings. The number of fused-ring (bicyclic) bond motifs is 1. The second-order valence-corrected chi connectivity index (χ2v) is 6.58. The number of ether oxygens (including phenoxy) is 2. The second-order valence-electron chi connectivity index (χ2n) is 6.58. The third-order valence-electron chi connectivity index (χ3n) is 4.55. The van der Waals surface area contributed by atoms with E-state index in [-0.39, 0.29) is 12.5 Å². The van der Waals surface area contributed by atoms with E-state index in [2.05, 4.69) is 10.3 Å². The molecule has 1 N–H and O–H groups in total. The largest absolute Gasteiger partial charge is 0.497 e. The molecular formula is C23H20N2O4. The first-order chi connectivity index (χ1) is 14.1. The predicted molar refractivity (Wildman–Crippen MR) is 111 cm³/mol. The molecule has 6 nitrogen and oxygen atoms in total. The highest BCUT2D eigenvalue weighted by Gasteiger charge is 2.09. The zero-order chi connectivity index (χ0) is 20.2. The van der Waals surface area contributed by atoms with Crippen molar-refractivity contribution >= 4 is 22.5 Å². The maximum atomic E-state index is 12.3. The average molecular weight is 388 g/mol. The number of hydrogen-bond donors (Lipinski definition) is 1. The number of carbonyl (C=O) groups excluding carboxylic acids is 1. The molecule has 0 aliphatic rings. The summed E-state index contributed by atoms with van der Waals surface area (Å²) in [4.78, 5) is 16.9. The molecular weight excluding hydrogens is 368 g/mol. The van der Waals surface area contributed by atoms with Gasteiger partial charge in [-0.15, -0.1) is 0 Å². The van der Waals surface area contributed by atoms with Crippen molar-refractivity contribution in [2.45, 2.75) is 6.92 Å². The normalized spacial score (nSPS) is 10.7. The molecule has 0 saturated heterocycles. The summed E-state index contributed by atoms with van der Waals surface area (Å²) in [7, 11) is 1.60. The van der Waals surface area contributed by atoms with Crippen LogP contribution in [0.5, 0.6) is 11.5 Å². The van der Waals surface area contributed by atoms with Crippen LogP contribution >= 0.6 is 0 Å². The van der Waals surface area contributed by atoms with E-state index >= 15 is 0 Å². The Morgan fingerprint density at radius 3 is 2.59 bits per heavy atom. The first-order valence-electron chi connectivity index (χ1n) is 9.13. The number of aryl methyl sites for hydroxylation is 1. The zero-order valence-electron chi connectivity index (χ0n) is 16.1. The van der Waals surface area contributed by atoms with Gasteiger partial charge in [0.15, 0.2) is 6.61 Å². The van der Waals surface area contributed by atoms with Crippen LogP contribution in [0.4, 0.5) is 5.69 Å². The van der Waals surface area contributed by atoms with Crippen LogP contribution < -0.4 is 14.8 Å². The second kappa shape index (κ2) is 8.06. The quantitative estimate of drug-likeness (QED) is 0.512. The number of nitrogens with zero attached hydrogens (tertiary/aromatic N) is 1. The van der Waals surface area contributed by atoms with Crippen LogP contribution in [0.25, 0.3) is 22.2 Å². The topological polar surface area (TPSA) is 73.6 Å². The zero-order valence-corrected chi connectivity index (χ0v) is 16.1. The van der Waals surface area contributed by atoms with Crippen LogP contribution in [0.2, 0.25) is 0 Å². The molecule has 2 aromatic heterocycles. The fourth-order valence-electron chi connectivity index (χ4n) is 3.05. The van der Waals surface area contributed by atoms with E-state index in [9.17, 15) is 4.79 Å². The highest BCUT2D eigenvalue weighted by molar-refractivity contribution is 5.95. The van der Waals surface area contributed by atoms with Gasteiger partial charge in [-0.25, -0.2) is 4.98 Å². The number of aromatic nitrogens is 1. The summed E-state index contributed by atoms with van der Waals surface area (Å²) >= 11 is 0. The third kappa shape index (κ3) is 4.21. The Kier molecular flexibility index (Phi) is 5.16. The summed E-state index contributed by atoms with van der Waals surface area (Å²) in [6.45, 7) is 1.94. The number of furan rings is 1. The van der Waals surface area contributed by atoms with E-state index in [0.717, 1.165) is 33.5 Å². The highest BCUT2D eigenvalue weighted by Crippen LogP contribution is 2.27. The van der Waals surface area contributed by atoms with Gasteiger partial charge in [0, 0.05) is 16.6 Å². The lowest BCUT2D eigenvalue weighted by Gasteiger charge is -2.10. The smallest absolute Gasteiger partial charge is 0.262 e. The molecule has 0 spiro atoms. The van der Waals surface area contributed by atoms with Gasteiger partial charge in [0.2, 0.25) is 0 Å². The van der Waals surface area contributed by atoms with Crippen LogP contribution in [0, 0.1) is 6.92 Å². The Labute approximate surface area is 168 Å². The number of carbonyl (C=O) groups is 1. The lowest BCUT2D eigenvalue weighted by atomic mass is 10.1. The van der Waals surface area contributed by atoms with E-state index in [1.54, 1.807) is 43.9 Å². The summed E-state index contributed by atoms with van der Waals surface area (Å²) in [5.74, 6) is 1.10. The van der Waals surface area contributed by atoms with E-state index in [4.69, 9.17) is 13.9 Å². The lowest BCUT2D eigenvalue weighted by molar-refractivity contribution is -0.118. The maximum Gasteiger partial charge on any atom is 0.262 e. The van der Waals surface area contributed by atoms with Gasteiger partial charge in [0.1, 0.15) is 11.5 Å². The SMILES string of the molecule is COc1ccc(OCC(=O)Nc2ccc3nc(-c4ccoc4)cc(C)c3c2)cc1. The first-order valence-corrected chi connectivity index (χ1v) is 9.13. The molecule has 4 aromatic rings. The highest BCUT2D eigenvalue weighted by atomic mass is 16.5. The Bertz CT molecular complexity index is 1140. The van der Waals surface area contributed by atoms with E-state index in [1.165, 1.54) is 0 Å². The Morgan fingerprint density at radius 1 is 1.07 bits per heavy atom. The summed E-state index contributed by atoms with van der Waals surface area (Å²) in [5.41, 5.74) is 4.41. The van der Waals surface area contributed by atoms with Crippen molar-refractivity contribution in [1.82, 2.24) is 4.98 Å². The van der Waals surface area contributed by atoms with Gasteiger partial charge < -0.3 is 19.2 Å². The molecule has 0 bridgehead atoms. The fraction of sp³-hybridized carbons (Fsp3) is 0.130. The average Bonchev–Trinajstić information content (AvgIpc) is 3.28. The maximum absolute atomic E-state index is 12.3. The molecule has 0 unspecified atom stereocenters. The summed E-state index contributed by atoms with van der Waals surface area (Å²) in [5, 5.41) is 3.84. The van der Waals surface area contributed by atoms with Gasteiger partial charge in [-0.3, -0.25) is 4.79 Å². The monoisotopic (exact) mass is 388 g/mol. The minimum absolute atomic E-state index is 0.0823. The van der Waals surface area contributed by atoms with Crippen molar-refractivity contribution in [3.8, 4) is 22.8 Å². The van der Waals surface area contributed by atoms with E-state index in [1.807, 2.05) is 37.3 Å². The van der Waals surface area contributed by atoms with Gasteiger partial charge in [-0.2, -0.15) is 0 Å². The molecule has 4 rings (SSSR count). The van der Waals surface area contributed by atoms with Crippen molar-refractivity contribution < 1.29 is 18.7 Å². The summed E-state index contributed by atoms with van der Waals surface area (Å²) in [6, 6.07) is 16.6. The molecule has 2 aromatic carbocycles. The number of hydrogen-bond acceptors (Lipinski definition) is 5. The number of rotatable bonds is 6. The van der Waals surface area contributed by atoms with Crippen LogP contribution in [0.3, 0.4) is 0 Å². The number of nitrogens with one attached hydrogen (secondary N) is 1. The Hall–Kier alpha value is -3.80. The van der Waals surface area contributed by atoms with Crippen LogP contribution in [-0.4, -0.2) is 24.6 Å². The number of pyridine rings is 1. The number of methoxy groups -OCH3 is 1. The van der Waals surface area contributed by atoms with Crippen LogP contribution in [0.15, 0.2) is 71.5 Å². The van der Waals surface area contributed by atoms with Crippen molar-refractivity contribution in [3.05, 3.63) is 72.7 Å². The van der Waals surface area contributed by atoms with Gasteiger partial charge >= 0.3 is 0 Å². The lowest BCUT2D eigenvalue weighted by Crippen LogP contribution is -2.20. The standard InChI is InChI=1S/C23H20N2O4/c1-15-11-22(16-9-10-28-13-16)25-21-8-3-17(12-20(15)21)24-23(26)14-29-19-6-4-18(27-2)5-7-19/h3-13H,14H2,1-2H3,(H,24,26). The van der Waals surface area contributed by atoms with Gasteiger partial charge in [-0.05, 0) is 67.1 Å². The van der Waals surface area contributed by atoms with Crippen molar-refractivity contribution in [3.63, 3.8) is 0 Å². The number of amides is 1. The number of benzene rings is 2. The molecule has 6 heteroatoms. The molecule has 0 radical (unpaired) electrons. The Morgan fingerprint density at radius 2 is 1.86 bits per heavy atom. The van der Waals surface area contributed by atoms with E-state index in [0.29, 0.717) is 11.4 Å². The van der Waals surface area contributed by atoms with Crippen molar-refractivity contribution in [2.75, 3.05) is 19.0 Å². The molecule has 0 aliphatic heterocycles. The molecule has 146 valence electrons. The minimum atomic E-state index is -0.235. The minimum Gasteiger partial charge on any atom is -0.497 e. The van der Waals surface area contributed by atoms with Gasteiger partial charge in [0.05, 0.1) is 30.8 Å². The van der Waals surface area contributed by atoms with Gasteiger partial charge in [-0.1, -0.05) is 0 Å².